The highest BCUT2D eigenvalue weighted by Gasteiger charge is 2.22. The van der Waals surface area contributed by atoms with Crippen molar-refractivity contribution in [1.29, 1.82) is 0 Å². The van der Waals surface area contributed by atoms with Gasteiger partial charge in [-0.3, -0.25) is 4.79 Å². The highest BCUT2D eigenvalue weighted by Crippen LogP contribution is 2.25. The molecule has 0 fully saturated rings. The SMILES string of the molecule is CCNc1ncc(C(=O)N(CCC(C)CC)c2cccc(OCCCN(C)C(=O)OC(C)(C)C)c2)c(C)n1. The third kappa shape index (κ3) is 9.84. The molecule has 210 valence electrons. The number of hydrogen-bond acceptors (Lipinski definition) is 7. The third-order valence-electron chi connectivity index (χ3n) is 6.07. The number of nitrogens with zero attached hydrogens (tertiary/aromatic N) is 4. The summed E-state index contributed by atoms with van der Waals surface area (Å²) in [5.74, 6) is 1.53. The Labute approximate surface area is 227 Å². The first-order valence-electron chi connectivity index (χ1n) is 13.5. The second kappa shape index (κ2) is 14.5. The Kier molecular flexibility index (Phi) is 11.8. The Morgan fingerprint density at radius 3 is 2.53 bits per heavy atom. The molecule has 38 heavy (non-hydrogen) atoms. The van der Waals surface area contributed by atoms with Crippen LogP contribution in [0.1, 0.15) is 76.9 Å². The van der Waals surface area contributed by atoms with Crippen molar-refractivity contribution < 1.29 is 19.1 Å². The van der Waals surface area contributed by atoms with Gasteiger partial charge in [0.2, 0.25) is 5.95 Å². The molecule has 0 aliphatic carbocycles. The van der Waals surface area contributed by atoms with E-state index >= 15 is 0 Å². The quantitative estimate of drug-likeness (QED) is 0.322. The summed E-state index contributed by atoms with van der Waals surface area (Å²) < 4.78 is 11.4. The van der Waals surface area contributed by atoms with Gasteiger partial charge in [-0.2, -0.15) is 0 Å². The molecule has 2 amide bonds. The minimum absolute atomic E-state index is 0.134. The van der Waals surface area contributed by atoms with Crippen molar-refractivity contribution in [3.8, 4) is 5.75 Å². The number of nitrogens with one attached hydrogen (secondary N) is 1. The Morgan fingerprint density at radius 2 is 1.89 bits per heavy atom. The minimum Gasteiger partial charge on any atom is -0.493 e. The van der Waals surface area contributed by atoms with Crippen LogP contribution in [0.4, 0.5) is 16.4 Å². The Hall–Kier alpha value is -3.36. The van der Waals surface area contributed by atoms with Crippen molar-refractivity contribution in [2.45, 2.75) is 73.3 Å². The highest BCUT2D eigenvalue weighted by molar-refractivity contribution is 6.06. The van der Waals surface area contributed by atoms with E-state index in [1.54, 1.807) is 23.0 Å². The average Bonchev–Trinajstić information content (AvgIpc) is 2.85. The van der Waals surface area contributed by atoms with Crippen LogP contribution in [0.2, 0.25) is 0 Å². The van der Waals surface area contributed by atoms with E-state index in [1.165, 1.54) is 0 Å². The molecule has 9 heteroatoms. The van der Waals surface area contributed by atoms with Crippen molar-refractivity contribution in [3.63, 3.8) is 0 Å². The lowest BCUT2D eigenvalue weighted by Gasteiger charge is -2.25. The Bertz CT molecular complexity index is 1050. The van der Waals surface area contributed by atoms with Crippen LogP contribution in [0, 0.1) is 12.8 Å². The lowest BCUT2D eigenvalue weighted by Crippen LogP contribution is -2.35. The van der Waals surface area contributed by atoms with E-state index in [2.05, 4.69) is 29.1 Å². The monoisotopic (exact) mass is 527 g/mol. The van der Waals surface area contributed by atoms with Crippen molar-refractivity contribution in [3.05, 3.63) is 41.7 Å². The van der Waals surface area contributed by atoms with Gasteiger partial charge in [0.1, 0.15) is 11.4 Å². The van der Waals surface area contributed by atoms with Crippen LogP contribution in [-0.2, 0) is 4.74 Å². The van der Waals surface area contributed by atoms with E-state index in [-0.39, 0.29) is 12.0 Å². The molecule has 0 bridgehead atoms. The number of carbonyl (C=O) groups excluding carboxylic acids is 2. The summed E-state index contributed by atoms with van der Waals surface area (Å²) in [7, 11) is 1.71. The van der Waals surface area contributed by atoms with E-state index in [4.69, 9.17) is 9.47 Å². The zero-order valence-corrected chi connectivity index (χ0v) is 24.3. The molecular formula is C29H45N5O4. The molecule has 1 unspecified atom stereocenters. The molecule has 0 radical (unpaired) electrons. The van der Waals surface area contributed by atoms with Crippen LogP contribution < -0.4 is 15.0 Å². The first-order chi connectivity index (χ1) is 17.9. The average molecular weight is 528 g/mol. The van der Waals surface area contributed by atoms with Gasteiger partial charge in [0.05, 0.1) is 17.9 Å². The molecule has 0 saturated heterocycles. The molecule has 9 nitrogen and oxygen atoms in total. The number of amides is 2. The van der Waals surface area contributed by atoms with Crippen LogP contribution in [0.3, 0.4) is 0 Å². The number of aromatic nitrogens is 2. The summed E-state index contributed by atoms with van der Waals surface area (Å²) in [4.78, 5) is 37.9. The van der Waals surface area contributed by atoms with E-state index in [0.717, 1.165) is 18.5 Å². The molecule has 1 aromatic carbocycles. The van der Waals surface area contributed by atoms with E-state index < -0.39 is 5.60 Å². The minimum atomic E-state index is -0.528. The summed E-state index contributed by atoms with van der Waals surface area (Å²) in [5, 5.41) is 3.09. The number of carbonyl (C=O) groups is 2. The molecule has 2 aromatic rings. The van der Waals surface area contributed by atoms with Gasteiger partial charge in [-0.15, -0.1) is 0 Å². The molecular weight excluding hydrogens is 482 g/mol. The predicted octanol–water partition coefficient (Wildman–Crippen LogP) is 5.94. The first kappa shape index (κ1) is 30.9. The van der Waals surface area contributed by atoms with E-state index in [0.29, 0.717) is 61.5 Å². The van der Waals surface area contributed by atoms with Crippen molar-refractivity contribution in [2.24, 2.45) is 5.92 Å². The molecule has 1 heterocycles. The standard InChI is InChI=1S/C29H45N5O4/c1-9-21(3)15-17-34(26(35)25-20-31-27(30-10-2)32-22(25)4)23-13-11-14-24(19-23)37-18-12-16-33(8)28(36)38-29(5,6)7/h11,13-14,19-21H,9-10,12,15-18H2,1-8H3,(H,30,31,32). The van der Waals surface area contributed by atoms with Crippen molar-refractivity contribution >= 4 is 23.6 Å². The lowest BCUT2D eigenvalue weighted by molar-refractivity contribution is 0.0292. The molecule has 1 aromatic heterocycles. The molecule has 2 rings (SSSR count). The summed E-state index contributed by atoms with van der Waals surface area (Å²) in [5.41, 5.74) is 1.35. The fourth-order valence-electron chi connectivity index (χ4n) is 3.63. The van der Waals surface area contributed by atoms with Crippen molar-refractivity contribution in [1.82, 2.24) is 14.9 Å². The predicted molar refractivity (Wildman–Crippen MR) is 152 cm³/mol. The fourth-order valence-corrected chi connectivity index (χ4v) is 3.63. The first-order valence-corrected chi connectivity index (χ1v) is 13.5. The summed E-state index contributed by atoms with van der Waals surface area (Å²) in [6, 6.07) is 7.56. The summed E-state index contributed by atoms with van der Waals surface area (Å²) in [6.45, 7) is 15.9. The van der Waals surface area contributed by atoms with Gasteiger partial charge in [-0.1, -0.05) is 26.3 Å². The van der Waals surface area contributed by atoms with Crippen LogP contribution in [-0.4, -0.2) is 65.8 Å². The summed E-state index contributed by atoms with van der Waals surface area (Å²) >= 11 is 0. The maximum Gasteiger partial charge on any atom is 0.410 e. The number of ether oxygens (including phenoxy) is 2. The molecule has 0 aliphatic rings. The Morgan fingerprint density at radius 1 is 1.16 bits per heavy atom. The van der Waals surface area contributed by atoms with Crippen LogP contribution in [0.15, 0.2) is 30.5 Å². The zero-order chi connectivity index (χ0) is 28.3. The maximum atomic E-state index is 13.7. The van der Waals surface area contributed by atoms with Gasteiger partial charge >= 0.3 is 6.09 Å². The molecule has 1 N–H and O–H groups in total. The smallest absolute Gasteiger partial charge is 0.410 e. The molecule has 0 saturated carbocycles. The number of hydrogen-bond donors (Lipinski definition) is 1. The highest BCUT2D eigenvalue weighted by atomic mass is 16.6. The van der Waals surface area contributed by atoms with Gasteiger partial charge in [-0.05, 0) is 65.5 Å². The summed E-state index contributed by atoms with van der Waals surface area (Å²) in [6.07, 6.45) is 3.81. The van der Waals surface area contributed by atoms with Gasteiger partial charge in [0.15, 0.2) is 0 Å². The van der Waals surface area contributed by atoms with Crippen LogP contribution >= 0.6 is 0 Å². The second-order valence-corrected chi connectivity index (χ2v) is 10.6. The van der Waals surface area contributed by atoms with Gasteiger partial charge < -0.3 is 24.6 Å². The zero-order valence-electron chi connectivity index (χ0n) is 24.3. The van der Waals surface area contributed by atoms with Crippen LogP contribution in [0.5, 0.6) is 5.75 Å². The molecule has 1 atom stereocenters. The van der Waals surface area contributed by atoms with E-state index in [9.17, 15) is 9.59 Å². The molecule has 0 spiro atoms. The van der Waals surface area contributed by atoms with Crippen molar-refractivity contribution in [2.75, 3.05) is 43.5 Å². The number of rotatable bonds is 13. The topological polar surface area (TPSA) is 96.9 Å². The van der Waals surface area contributed by atoms with Gasteiger partial charge in [-0.25, -0.2) is 14.8 Å². The van der Waals surface area contributed by atoms with Gasteiger partial charge in [0, 0.05) is 44.6 Å². The lowest BCUT2D eigenvalue weighted by atomic mass is 10.0. The fraction of sp³-hybridized carbons (Fsp3) is 0.586. The largest absolute Gasteiger partial charge is 0.493 e. The Balaban J connectivity index is 2.12. The molecule has 0 aliphatic heterocycles. The van der Waals surface area contributed by atoms with E-state index in [1.807, 2.05) is 58.9 Å². The van der Waals surface area contributed by atoms with Crippen LogP contribution in [0.25, 0.3) is 0 Å². The number of benzene rings is 1. The second-order valence-electron chi connectivity index (χ2n) is 10.6. The number of anilines is 2. The number of aryl methyl sites for hydroxylation is 1. The van der Waals surface area contributed by atoms with Gasteiger partial charge in [0.25, 0.3) is 5.91 Å². The normalized spacial score (nSPS) is 12.0. The maximum absolute atomic E-state index is 13.7. The third-order valence-corrected chi connectivity index (χ3v) is 6.07.